The minimum absolute atomic E-state index is 0.120. The third-order valence-corrected chi connectivity index (χ3v) is 6.25. The van der Waals surface area contributed by atoms with Gasteiger partial charge in [0.25, 0.3) is 11.5 Å². The Bertz CT molecular complexity index is 1770. The molecule has 4 aromatic heterocycles. The molecule has 0 aliphatic heterocycles. The number of primary amides is 1. The first-order valence-electron chi connectivity index (χ1n) is 10.4. The molecule has 1 aromatic carbocycles. The van der Waals surface area contributed by atoms with Gasteiger partial charge in [0.05, 0.1) is 33.0 Å². The molecule has 0 spiro atoms. The molecule has 5 aromatic rings. The summed E-state index contributed by atoms with van der Waals surface area (Å²) in [6.45, 7) is -0.205. The maximum absolute atomic E-state index is 13.0. The number of carbonyl (C=O) groups is 2. The number of nitrogens with one attached hydrogen (secondary N) is 1. The fourth-order valence-corrected chi connectivity index (χ4v) is 4.33. The summed E-state index contributed by atoms with van der Waals surface area (Å²) in [4.78, 5) is 46.3. The van der Waals surface area contributed by atoms with Crippen molar-refractivity contribution in [2.45, 2.75) is 6.54 Å². The second-order valence-corrected chi connectivity index (χ2v) is 8.84. The maximum atomic E-state index is 13.0. The van der Waals surface area contributed by atoms with Crippen LogP contribution in [-0.2, 0) is 18.4 Å². The van der Waals surface area contributed by atoms with Gasteiger partial charge in [-0.15, -0.1) is 0 Å². The summed E-state index contributed by atoms with van der Waals surface area (Å²) in [5, 5.41) is 13.2. The molecular weight excluding hydrogens is 509 g/mol. The highest BCUT2D eigenvalue weighted by Gasteiger charge is 2.21. The summed E-state index contributed by atoms with van der Waals surface area (Å²) in [5.41, 5.74) is 6.73. The van der Waals surface area contributed by atoms with Gasteiger partial charge in [-0.3, -0.25) is 14.4 Å². The van der Waals surface area contributed by atoms with E-state index in [0.717, 1.165) is 0 Å². The van der Waals surface area contributed by atoms with Gasteiger partial charge in [0.2, 0.25) is 5.91 Å². The zero-order chi connectivity index (χ0) is 25.7. The fourth-order valence-electron chi connectivity index (χ4n) is 3.92. The van der Waals surface area contributed by atoms with E-state index in [-0.39, 0.29) is 33.7 Å². The largest absolute Gasteiger partial charge is 0.506 e. The number of aromatic nitrogens is 5. The number of fused-ring (bicyclic) bond motifs is 2. The van der Waals surface area contributed by atoms with E-state index in [1.54, 1.807) is 35.3 Å². The molecule has 0 fully saturated rings. The molecule has 0 saturated carbocycles. The summed E-state index contributed by atoms with van der Waals surface area (Å²) >= 11 is 12.4. The van der Waals surface area contributed by atoms with Crippen LogP contribution in [0, 0.1) is 0 Å². The Kier molecular flexibility index (Phi) is 5.65. The Morgan fingerprint density at radius 1 is 1.14 bits per heavy atom. The fraction of sp³-hybridized carbons (Fsp3) is 0.0870. The number of nitrogens with zero attached hydrogens (tertiary/aromatic N) is 5. The molecule has 36 heavy (non-hydrogen) atoms. The first-order valence-corrected chi connectivity index (χ1v) is 11.2. The summed E-state index contributed by atoms with van der Waals surface area (Å²) < 4.78 is 4.49. The van der Waals surface area contributed by atoms with E-state index in [2.05, 4.69) is 15.3 Å². The molecule has 5 rings (SSSR count). The van der Waals surface area contributed by atoms with Gasteiger partial charge in [-0.05, 0) is 17.7 Å². The van der Waals surface area contributed by atoms with E-state index in [4.69, 9.17) is 28.9 Å². The van der Waals surface area contributed by atoms with E-state index >= 15 is 0 Å². The van der Waals surface area contributed by atoms with Crippen molar-refractivity contribution in [3.05, 3.63) is 75.3 Å². The first kappa shape index (κ1) is 23.4. The molecule has 0 atom stereocenters. The van der Waals surface area contributed by atoms with Gasteiger partial charge in [0, 0.05) is 43.5 Å². The van der Waals surface area contributed by atoms with Gasteiger partial charge in [-0.25, -0.2) is 9.97 Å². The third kappa shape index (κ3) is 3.93. The number of benzene rings is 1. The number of aromatic hydroxyl groups is 1. The number of aryl methyl sites for hydroxylation is 1. The monoisotopic (exact) mass is 525 g/mol. The minimum Gasteiger partial charge on any atom is -0.506 e. The summed E-state index contributed by atoms with van der Waals surface area (Å²) in [5.74, 6) is -1.78. The lowest BCUT2D eigenvalue weighted by atomic mass is 10.0. The van der Waals surface area contributed by atoms with Crippen LogP contribution in [0.25, 0.3) is 27.8 Å². The Morgan fingerprint density at radius 3 is 2.67 bits per heavy atom. The zero-order valence-electron chi connectivity index (χ0n) is 18.6. The van der Waals surface area contributed by atoms with E-state index < -0.39 is 17.6 Å². The number of anilines is 1. The zero-order valence-corrected chi connectivity index (χ0v) is 20.1. The Morgan fingerprint density at radius 2 is 1.92 bits per heavy atom. The van der Waals surface area contributed by atoms with Crippen LogP contribution in [0.2, 0.25) is 10.0 Å². The number of carbonyl (C=O) groups excluding carboxylic acids is 2. The van der Waals surface area contributed by atoms with Crippen LogP contribution in [0.1, 0.15) is 10.4 Å². The van der Waals surface area contributed by atoms with Crippen molar-refractivity contribution in [1.29, 1.82) is 0 Å². The van der Waals surface area contributed by atoms with Gasteiger partial charge >= 0.3 is 0 Å². The third-order valence-electron chi connectivity index (χ3n) is 5.65. The van der Waals surface area contributed by atoms with Crippen molar-refractivity contribution in [3.63, 3.8) is 0 Å². The Balaban J connectivity index is 1.58. The van der Waals surface area contributed by atoms with E-state index in [0.29, 0.717) is 27.5 Å². The first-order chi connectivity index (χ1) is 17.1. The molecule has 11 nitrogen and oxygen atoms in total. The van der Waals surface area contributed by atoms with E-state index in [1.807, 2.05) is 0 Å². The van der Waals surface area contributed by atoms with Crippen molar-refractivity contribution in [2.75, 3.05) is 5.32 Å². The smallest absolute Gasteiger partial charge is 0.263 e. The van der Waals surface area contributed by atoms with Gasteiger partial charge in [0.1, 0.15) is 23.6 Å². The number of nitrogens with two attached hydrogens (primary N) is 1. The van der Waals surface area contributed by atoms with Crippen molar-refractivity contribution in [3.8, 4) is 16.9 Å². The lowest BCUT2D eigenvalue weighted by molar-refractivity contribution is -0.116. The number of imidazole rings is 1. The molecule has 4 N–H and O–H groups in total. The average molecular weight is 526 g/mol. The maximum Gasteiger partial charge on any atom is 0.263 e. The molecule has 0 aliphatic carbocycles. The predicted octanol–water partition coefficient (Wildman–Crippen LogP) is 2.80. The average Bonchev–Trinajstić information content (AvgIpc) is 3.42. The van der Waals surface area contributed by atoms with Crippen molar-refractivity contribution in [2.24, 2.45) is 12.8 Å². The molecule has 182 valence electrons. The SMILES string of the molecule is Cn1cnc2c(c(-c3cc(Cl)c(O)c(C(N)=O)c3)cn2CC(=O)Nc2cn3ccnc3cc2Cl)c1=O. The van der Waals surface area contributed by atoms with Gasteiger partial charge in [-0.1, -0.05) is 23.2 Å². The second-order valence-electron chi connectivity index (χ2n) is 8.02. The molecule has 0 unspecified atom stereocenters. The highest BCUT2D eigenvalue weighted by molar-refractivity contribution is 6.34. The number of rotatable bonds is 5. The predicted molar refractivity (Wildman–Crippen MR) is 134 cm³/mol. The summed E-state index contributed by atoms with van der Waals surface area (Å²) in [7, 11) is 1.54. The Labute approximate surface area is 212 Å². The number of halogens is 2. The van der Waals surface area contributed by atoms with Crippen molar-refractivity contribution < 1.29 is 14.7 Å². The van der Waals surface area contributed by atoms with Gasteiger partial charge in [-0.2, -0.15) is 0 Å². The van der Waals surface area contributed by atoms with Crippen LogP contribution in [0.4, 0.5) is 5.69 Å². The highest BCUT2D eigenvalue weighted by Crippen LogP contribution is 2.36. The van der Waals surface area contributed by atoms with Crippen LogP contribution >= 0.6 is 23.2 Å². The van der Waals surface area contributed by atoms with Crippen molar-refractivity contribution in [1.82, 2.24) is 23.5 Å². The summed E-state index contributed by atoms with van der Waals surface area (Å²) in [6, 6.07) is 4.35. The minimum atomic E-state index is -0.892. The quantitative estimate of drug-likeness (QED) is 0.321. The van der Waals surface area contributed by atoms with Crippen molar-refractivity contribution >= 4 is 57.4 Å². The van der Waals surface area contributed by atoms with Crippen LogP contribution < -0.4 is 16.6 Å². The Hall–Kier alpha value is -4.35. The van der Waals surface area contributed by atoms with Crippen LogP contribution in [0.15, 0.2) is 54.1 Å². The van der Waals surface area contributed by atoms with Crippen LogP contribution in [-0.4, -0.2) is 40.4 Å². The molecule has 4 heterocycles. The molecule has 13 heteroatoms. The molecule has 0 radical (unpaired) electrons. The van der Waals surface area contributed by atoms with E-state index in [1.165, 1.54) is 34.6 Å². The highest BCUT2D eigenvalue weighted by atomic mass is 35.5. The molecule has 0 aliphatic rings. The second kappa shape index (κ2) is 8.70. The topological polar surface area (TPSA) is 150 Å². The number of pyridine rings is 1. The lowest BCUT2D eigenvalue weighted by Gasteiger charge is -2.09. The van der Waals surface area contributed by atoms with Gasteiger partial charge < -0.3 is 29.7 Å². The molecule has 2 amide bonds. The summed E-state index contributed by atoms with van der Waals surface area (Å²) in [6.07, 6.45) is 7.85. The lowest BCUT2D eigenvalue weighted by Crippen LogP contribution is -2.20. The number of amides is 2. The van der Waals surface area contributed by atoms with E-state index in [9.17, 15) is 19.5 Å². The normalized spacial score (nSPS) is 11.3. The molecular formula is C23H17Cl2N7O4. The number of phenols is 1. The molecule has 0 saturated heterocycles. The molecule has 0 bridgehead atoms. The van der Waals surface area contributed by atoms with Crippen LogP contribution in [0.5, 0.6) is 5.75 Å². The number of hydrogen-bond donors (Lipinski definition) is 3. The van der Waals surface area contributed by atoms with Gasteiger partial charge in [0.15, 0.2) is 0 Å². The number of hydrogen-bond acceptors (Lipinski definition) is 6. The van der Waals surface area contributed by atoms with Crippen LogP contribution in [0.3, 0.4) is 0 Å². The standard InChI is InChI=1S/C23H17Cl2N7O4/c1-30-10-28-22-19(23(30)36)13(11-4-12(21(26)35)20(34)15(25)5-11)7-32(22)9-18(33)29-16-8-31-3-2-27-17(31)6-14(16)24/h2-8,10,34H,9H2,1H3,(H2,26,35)(H,29,33).